The summed E-state index contributed by atoms with van der Waals surface area (Å²) in [7, 11) is 0. The molecule has 172 valence electrons. The fourth-order valence-corrected chi connectivity index (χ4v) is 5.26. The van der Waals surface area contributed by atoms with E-state index in [1.54, 1.807) is 24.3 Å². The van der Waals surface area contributed by atoms with E-state index in [9.17, 15) is 14.4 Å². The molecule has 3 amide bonds. The average molecular weight is 475 g/mol. The smallest absolute Gasteiger partial charge is 0.234 e. The number of aromatic nitrogens is 1. The van der Waals surface area contributed by atoms with Crippen molar-refractivity contribution in [3.63, 3.8) is 0 Å². The van der Waals surface area contributed by atoms with Crippen molar-refractivity contribution in [1.29, 1.82) is 0 Å². The van der Waals surface area contributed by atoms with Crippen molar-refractivity contribution in [1.82, 2.24) is 4.98 Å². The third-order valence-corrected chi connectivity index (χ3v) is 7.05. The molecule has 0 radical (unpaired) electrons. The van der Waals surface area contributed by atoms with E-state index < -0.39 is 0 Å². The molecule has 32 heavy (non-hydrogen) atoms. The predicted molar refractivity (Wildman–Crippen MR) is 132 cm³/mol. The topological polar surface area (TPSA) is 100 Å². The maximum absolute atomic E-state index is 12.2. The SMILES string of the molecule is CC(=O)Nc1ccc(NC(=O)CSCc2csc(NC(=O)CCC3CCCCC3)n2)cc1. The van der Waals surface area contributed by atoms with Crippen molar-refractivity contribution in [2.45, 2.75) is 57.6 Å². The maximum atomic E-state index is 12.2. The first kappa shape index (κ1) is 24.3. The summed E-state index contributed by atoms with van der Waals surface area (Å²) in [6.07, 6.45) is 7.94. The van der Waals surface area contributed by atoms with E-state index in [1.807, 2.05) is 5.38 Å². The fraction of sp³-hybridized carbons (Fsp3) is 0.478. The number of benzene rings is 1. The number of carbonyl (C=O) groups is 3. The molecule has 1 fully saturated rings. The van der Waals surface area contributed by atoms with Crippen LogP contribution in [0.15, 0.2) is 29.6 Å². The summed E-state index contributed by atoms with van der Waals surface area (Å²) < 4.78 is 0. The minimum absolute atomic E-state index is 0.0352. The van der Waals surface area contributed by atoms with Gasteiger partial charge in [-0.3, -0.25) is 14.4 Å². The molecule has 0 aliphatic heterocycles. The summed E-state index contributed by atoms with van der Waals surface area (Å²) in [4.78, 5) is 39.8. The molecule has 0 spiro atoms. The Balaban J connectivity index is 1.33. The molecule has 3 N–H and O–H groups in total. The van der Waals surface area contributed by atoms with Gasteiger partial charge < -0.3 is 16.0 Å². The number of rotatable bonds is 10. The molecular formula is C23H30N4O3S2. The van der Waals surface area contributed by atoms with Gasteiger partial charge in [0, 0.05) is 35.9 Å². The van der Waals surface area contributed by atoms with Crippen molar-refractivity contribution in [2.24, 2.45) is 5.92 Å². The quantitative estimate of drug-likeness (QED) is 0.435. The van der Waals surface area contributed by atoms with Crippen LogP contribution in [0.2, 0.25) is 0 Å². The molecule has 0 unspecified atom stereocenters. The highest BCUT2D eigenvalue weighted by Gasteiger charge is 2.15. The molecule has 1 aliphatic carbocycles. The van der Waals surface area contributed by atoms with Gasteiger partial charge in [0.05, 0.1) is 11.4 Å². The van der Waals surface area contributed by atoms with E-state index in [0.717, 1.165) is 12.1 Å². The molecule has 1 aromatic carbocycles. The molecule has 0 saturated heterocycles. The van der Waals surface area contributed by atoms with Gasteiger partial charge in [-0.2, -0.15) is 0 Å². The molecule has 7 nitrogen and oxygen atoms in total. The first-order valence-electron chi connectivity index (χ1n) is 11.0. The van der Waals surface area contributed by atoms with Gasteiger partial charge in [-0.25, -0.2) is 4.98 Å². The monoisotopic (exact) mass is 474 g/mol. The largest absolute Gasteiger partial charge is 0.326 e. The second-order valence-corrected chi connectivity index (χ2v) is 9.88. The molecule has 3 rings (SSSR count). The summed E-state index contributed by atoms with van der Waals surface area (Å²) in [5.74, 6) is 1.39. The second kappa shape index (κ2) is 12.6. The lowest BCUT2D eigenvalue weighted by molar-refractivity contribution is -0.116. The predicted octanol–water partition coefficient (Wildman–Crippen LogP) is 5.27. The van der Waals surface area contributed by atoms with Gasteiger partial charge in [0.25, 0.3) is 0 Å². The lowest BCUT2D eigenvalue weighted by atomic mass is 9.86. The zero-order valence-corrected chi connectivity index (χ0v) is 19.9. The van der Waals surface area contributed by atoms with Gasteiger partial charge in [-0.05, 0) is 36.6 Å². The maximum Gasteiger partial charge on any atom is 0.234 e. The molecule has 0 atom stereocenters. The van der Waals surface area contributed by atoms with Crippen LogP contribution in [0.3, 0.4) is 0 Å². The molecule has 1 aromatic heterocycles. The van der Waals surface area contributed by atoms with Crippen LogP contribution in [0.25, 0.3) is 0 Å². The van der Waals surface area contributed by atoms with Crippen molar-refractivity contribution in [2.75, 3.05) is 21.7 Å². The third kappa shape index (κ3) is 8.63. The van der Waals surface area contributed by atoms with Gasteiger partial charge in [0.15, 0.2) is 5.13 Å². The van der Waals surface area contributed by atoms with Crippen molar-refractivity contribution in [3.05, 3.63) is 35.3 Å². The van der Waals surface area contributed by atoms with E-state index >= 15 is 0 Å². The zero-order chi connectivity index (χ0) is 22.8. The van der Waals surface area contributed by atoms with E-state index in [-0.39, 0.29) is 17.7 Å². The Kier molecular flexibility index (Phi) is 9.55. The lowest BCUT2D eigenvalue weighted by Gasteiger charge is -2.20. The minimum atomic E-state index is -0.137. The summed E-state index contributed by atoms with van der Waals surface area (Å²) in [5, 5.41) is 11.0. The Bertz CT molecular complexity index is 908. The highest BCUT2D eigenvalue weighted by atomic mass is 32.2. The summed E-state index contributed by atoms with van der Waals surface area (Å²) in [6, 6.07) is 6.98. The van der Waals surface area contributed by atoms with Crippen LogP contribution in [0.5, 0.6) is 0 Å². The summed E-state index contributed by atoms with van der Waals surface area (Å²) >= 11 is 2.89. The molecule has 1 heterocycles. The van der Waals surface area contributed by atoms with Gasteiger partial charge in [-0.1, -0.05) is 32.1 Å². The number of hydrogen-bond donors (Lipinski definition) is 3. The van der Waals surface area contributed by atoms with Crippen LogP contribution in [0.4, 0.5) is 16.5 Å². The van der Waals surface area contributed by atoms with E-state index in [4.69, 9.17) is 0 Å². The first-order valence-corrected chi connectivity index (χ1v) is 13.0. The highest BCUT2D eigenvalue weighted by Crippen LogP contribution is 2.27. The van der Waals surface area contributed by atoms with Crippen LogP contribution in [-0.4, -0.2) is 28.5 Å². The number of thiazole rings is 1. The van der Waals surface area contributed by atoms with Crippen LogP contribution >= 0.6 is 23.1 Å². The minimum Gasteiger partial charge on any atom is -0.326 e. The first-order chi connectivity index (χ1) is 15.5. The Morgan fingerprint density at radius 1 is 1.00 bits per heavy atom. The standard InChI is InChI=1S/C23H30N4O3S2/c1-16(28)24-18-8-10-19(11-9-18)25-22(30)15-31-13-20-14-32-23(26-20)27-21(29)12-7-17-5-3-2-4-6-17/h8-11,14,17H,2-7,12-13,15H2,1H3,(H,24,28)(H,25,30)(H,26,27,29). The van der Waals surface area contributed by atoms with Crippen LogP contribution < -0.4 is 16.0 Å². The molecule has 1 aliphatic rings. The second-order valence-electron chi connectivity index (χ2n) is 8.03. The highest BCUT2D eigenvalue weighted by molar-refractivity contribution is 7.99. The number of carbonyl (C=O) groups excluding carboxylic acids is 3. The van der Waals surface area contributed by atoms with E-state index in [0.29, 0.717) is 40.4 Å². The van der Waals surface area contributed by atoms with Gasteiger partial charge in [-0.15, -0.1) is 23.1 Å². The molecule has 2 aromatic rings. The van der Waals surface area contributed by atoms with Crippen molar-refractivity contribution in [3.8, 4) is 0 Å². The van der Waals surface area contributed by atoms with Crippen molar-refractivity contribution >= 4 is 57.3 Å². The fourth-order valence-electron chi connectivity index (χ4n) is 3.71. The number of thioether (sulfide) groups is 1. The van der Waals surface area contributed by atoms with Crippen LogP contribution in [0.1, 0.15) is 57.6 Å². The Morgan fingerprint density at radius 3 is 2.38 bits per heavy atom. The Morgan fingerprint density at radius 2 is 1.69 bits per heavy atom. The molecular weight excluding hydrogens is 444 g/mol. The number of nitrogens with one attached hydrogen (secondary N) is 3. The summed E-state index contributed by atoms with van der Waals surface area (Å²) in [6.45, 7) is 1.45. The number of anilines is 3. The van der Waals surface area contributed by atoms with Gasteiger partial charge in [0.2, 0.25) is 17.7 Å². The van der Waals surface area contributed by atoms with Gasteiger partial charge >= 0.3 is 0 Å². The number of hydrogen-bond acceptors (Lipinski definition) is 6. The van der Waals surface area contributed by atoms with Crippen LogP contribution in [0, 0.1) is 5.92 Å². The third-order valence-electron chi connectivity index (χ3n) is 5.27. The molecule has 9 heteroatoms. The Hall–Kier alpha value is -2.39. The lowest BCUT2D eigenvalue weighted by Crippen LogP contribution is -2.15. The zero-order valence-electron chi connectivity index (χ0n) is 18.3. The molecule has 1 saturated carbocycles. The normalized spacial score (nSPS) is 14.0. The Labute approximate surface area is 197 Å². The average Bonchev–Trinajstić information content (AvgIpc) is 3.21. The van der Waals surface area contributed by atoms with E-state index in [2.05, 4.69) is 20.9 Å². The van der Waals surface area contributed by atoms with Crippen molar-refractivity contribution < 1.29 is 14.4 Å². The van der Waals surface area contributed by atoms with E-state index in [1.165, 1.54) is 62.1 Å². The number of nitrogens with zero attached hydrogens (tertiary/aromatic N) is 1. The van der Waals surface area contributed by atoms with Crippen LogP contribution in [-0.2, 0) is 20.1 Å². The summed E-state index contributed by atoms with van der Waals surface area (Å²) in [5.41, 5.74) is 2.22. The van der Waals surface area contributed by atoms with Gasteiger partial charge in [0.1, 0.15) is 0 Å². The molecule has 0 bridgehead atoms. The number of amides is 3.